The van der Waals surface area contributed by atoms with Crippen LogP contribution in [0, 0.1) is 11.3 Å². The highest BCUT2D eigenvalue weighted by molar-refractivity contribution is 5.29. The van der Waals surface area contributed by atoms with Crippen molar-refractivity contribution in [2.75, 3.05) is 13.2 Å². The molecule has 1 fully saturated rings. The monoisotopic (exact) mass is 263 g/mol. The molecular weight excluding hydrogens is 238 g/mol. The van der Waals surface area contributed by atoms with Crippen LogP contribution in [0.5, 0.6) is 0 Å². The number of fused-ring (bicyclic) bond motifs is 1. The number of ether oxygens (including phenoxy) is 1. The van der Waals surface area contributed by atoms with E-state index in [0.29, 0.717) is 0 Å². The van der Waals surface area contributed by atoms with Crippen LogP contribution in [0.2, 0.25) is 0 Å². The van der Waals surface area contributed by atoms with Gasteiger partial charge in [0.15, 0.2) is 0 Å². The van der Waals surface area contributed by atoms with Crippen LogP contribution in [0.15, 0.2) is 12.3 Å². The second-order valence-corrected chi connectivity index (χ2v) is 6.99. The second-order valence-electron chi connectivity index (χ2n) is 6.99. The summed E-state index contributed by atoms with van der Waals surface area (Å²) in [7, 11) is 0. The van der Waals surface area contributed by atoms with Crippen LogP contribution in [0.4, 0.5) is 0 Å². The first kappa shape index (κ1) is 13.2. The minimum absolute atomic E-state index is 0.207. The number of rotatable bonds is 3. The molecule has 2 aliphatic rings. The summed E-state index contributed by atoms with van der Waals surface area (Å²) in [6.45, 7) is 7.42. The zero-order valence-corrected chi connectivity index (χ0v) is 12.1. The van der Waals surface area contributed by atoms with Crippen molar-refractivity contribution in [1.29, 1.82) is 0 Å². The Morgan fingerprint density at radius 3 is 3.05 bits per heavy atom. The Kier molecular flexibility index (Phi) is 3.44. The van der Waals surface area contributed by atoms with Gasteiger partial charge in [0.25, 0.3) is 0 Å². The van der Waals surface area contributed by atoms with E-state index >= 15 is 0 Å². The number of nitrogens with zero attached hydrogens (tertiary/aromatic N) is 1. The first-order valence-corrected chi connectivity index (χ1v) is 7.49. The molecular formula is C16H25NO2. The van der Waals surface area contributed by atoms with Crippen molar-refractivity contribution in [3.8, 4) is 0 Å². The molecule has 0 spiro atoms. The van der Waals surface area contributed by atoms with Gasteiger partial charge in [-0.2, -0.15) is 0 Å². The van der Waals surface area contributed by atoms with Gasteiger partial charge >= 0.3 is 0 Å². The summed E-state index contributed by atoms with van der Waals surface area (Å²) >= 11 is 0. The molecule has 0 saturated carbocycles. The minimum atomic E-state index is -0.283. The minimum Gasteiger partial charge on any atom is -0.388 e. The second kappa shape index (κ2) is 4.95. The van der Waals surface area contributed by atoms with Gasteiger partial charge < -0.3 is 14.4 Å². The van der Waals surface area contributed by atoms with E-state index in [1.165, 1.54) is 18.5 Å². The van der Waals surface area contributed by atoms with Crippen LogP contribution in [-0.2, 0) is 17.7 Å². The third kappa shape index (κ3) is 2.72. The standard InChI is InChI=1S/C16H25NO2/c1-16(2)9-14-13(15(18)10-16)4-7-17(14)6-3-12-5-8-19-11-12/h4,7,12,15,18H,3,5-6,8-11H2,1-2H3. The maximum absolute atomic E-state index is 10.3. The van der Waals surface area contributed by atoms with Crippen LogP contribution in [0.1, 0.15) is 50.5 Å². The molecule has 2 atom stereocenters. The number of aliphatic hydroxyl groups is 1. The van der Waals surface area contributed by atoms with Crippen LogP contribution in [0.25, 0.3) is 0 Å². The molecule has 0 amide bonds. The van der Waals surface area contributed by atoms with Crippen molar-refractivity contribution in [2.24, 2.45) is 11.3 Å². The highest BCUT2D eigenvalue weighted by Crippen LogP contribution is 2.41. The lowest BCUT2D eigenvalue weighted by molar-refractivity contribution is 0.0978. The molecule has 1 aromatic rings. The third-order valence-electron chi connectivity index (χ3n) is 4.67. The number of aliphatic hydroxyl groups excluding tert-OH is 1. The van der Waals surface area contributed by atoms with Crippen molar-refractivity contribution in [3.05, 3.63) is 23.5 Å². The highest BCUT2D eigenvalue weighted by Gasteiger charge is 2.33. The summed E-state index contributed by atoms with van der Waals surface area (Å²) < 4.78 is 7.80. The lowest BCUT2D eigenvalue weighted by Crippen LogP contribution is -2.27. The zero-order valence-electron chi connectivity index (χ0n) is 12.1. The summed E-state index contributed by atoms with van der Waals surface area (Å²) in [5.41, 5.74) is 2.71. The maximum Gasteiger partial charge on any atom is 0.0812 e. The molecule has 0 radical (unpaired) electrons. The largest absolute Gasteiger partial charge is 0.388 e. The van der Waals surface area contributed by atoms with Crippen molar-refractivity contribution in [3.63, 3.8) is 0 Å². The van der Waals surface area contributed by atoms with Gasteiger partial charge in [-0.3, -0.25) is 0 Å². The topological polar surface area (TPSA) is 34.4 Å². The van der Waals surface area contributed by atoms with E-state index in [2.05, 4.69) is 30.7 Å². The molecule has 2 unspecified atom stereocenters. The Hall–Kier alpha value is -0.800. The smallest absolute Gasteiger partial charge is 0.0812 e. The van der Waals surface area contributed by atoms with Gasteiger partial charge in [0.1, 0.15) is 0 Å². The fourth-order valence-corrected chi connectivity index (χ4v) is 3.53. The molecule has 106 valence electrons. The summed E-state index contributed by atoms with van der Waals surface area (Å²) in [5, 5.41) is 10.3. The van der Waals surface area contributed by atoms with Gasteiger partial charge in [0.2, 0.25) is 0 Å². The fraction of sp³-hybridized carbons (Fsp3) is 0.750. The molecule has 3 heteroatoms. The number of hydrogen-bond acceptors (Lipinski definition) is 2. The average molecular weight is 263 g/mol. The average Bonchev–Trinajstić information content (AvgIpc) is 2.93. The predicted octanol–water partition coefficient (Wildman–Crippen LogP) is 2.92. The summed E-state index contributed by atoms with van der Waals surface area (Å²) in [5.74, 6) is 0.722. The Balaban J connectivity index is 1.73. The van der Waals surface area contributed by atoms with Crippen LogP contribution >= 0.6 is 0 Å². The van der Waals surface area contributed by atoms with Crippen LogP contribution in [-0.4, -0.2) is 22.9 Å². The molecule has 1 N–H and O–H groups in total. The molecule has 1 aliphatic heterocycles. The quantitative estimate of drug-likeness (QED) is 0.910. The highest BCUT2D eigenvalue weighted by atomic mass is 16.5. The molecule has 0 bridgehead atoms. The van der Waals surface area contributed by atoms with E-state index in [1.54, 1.807) is 0 Å². The first-order chi connectivity index (χ1) is 9.05. The van der Waals surface area contributed by atoms with Crippen molar-refractivity contribution >= 4 is 0 Å². The normalized spacial score (nSPS) is 29.4. The Bertz CT molecular complexity index is 444. The van der Waals surface area contributed by atoms with E-state index in [-0.39, 0.29) is 11.5 Å². The van der Waals surface area contributed by atoms with E-state index in [9.17, 15) is 5.11 Å². The molecule has 1 aromatic heterocycles. The lowest BCUT2D eigenvalue weighted by atomic mass is 9.75. The van der Waals surface area contributed by atoms with E-state index in [0.717, 1.165) is 44.1 Å². The van der Waals surface area contributed by atoms with Gasteiger partial charge in [-0.25, -0.2) is 0 Å². The summed E-state index contributed by atoms with van der Waals surface area (Å²) in [6.07, 6.45) is 6.23. The van der Waals surface area contributed by atoms with E-state index in [4.69, 9.17) is 4.74 Å². The van der Waals surface area contributed by atoms with E-state index < -0.39 is 0 Å². The predicted molar refractivity (Wildman–Crippen MR) is 75.0 cm³/mol. The van der Waals surface area contributed by atoms with Crippen molar-refractivity contribution in [2.45, 2.75) is 52.2 Å². The molecule has 1 aliphatic carbocycles. The van der Waals surface area contributed by atoms with Gasteiger partial charge in [0.05, 0.1) is 6.10 Å². The fourth-order valence-electron chi connectivity index (χ4n) is 3.53. The van der Waals surface area contributed by atoms with Crippen molar-refractivity contribution in [1.82, 2.24) is 4.57 Å². The zero-order chi connectivity index (χ0) is 13.5. The van der Waals surface area contributed by atoms with Gasteiger partial charge in [-0.1, -0.05) is 13.8 Å². The first-order valence-electron chi connectivity index (χ1n) is 7.49. The Morgan fingerprint density at radius 1 is 1.47 bits per heavy atom. The molecule has 3 nitrogen and oxygen atoms in total. The van der Waals surface area contributed by atoms with Gasteiger partial charge in [-0.15, -0.1) is 0 Å². The number of aromatic nitrogens is 1. The molecule has 19 heavy (non-hydrogen) atoms. The van der Waals surface area contributed by atoms with Gasteiger partial charge in [0, 0.05) is 37.2 Å². The Labute approximate surface area is 115 Å². The number of hydrogen-bond donors (Lipinski definition) is 1. The summed E-state index contributed by atoms with van der Waals surface area (Å²) in [4.78, 5) is 0. The molecule has 2 heterocycles. The third-order valence-corrected chi connectivity index (χ3v) is 4.67. The summed E-state index contributed by atoms with van der Waals surface area (Å²) in [6, 6.07) is 2.11. The van der Waals surface area contributed by atoms with Crippen LogP contribution < -0.4 is 0 Å². The molecule has 1 saturated heterocycles. The van der Waals surface area contributed by atoms with Crippen molar-refractivity contribution < 1.29 is 9.84 Å². The van der Waals surface area contributed by atoms with Gasteiger partial charge in [-0.05, 0) is 43.1 Å². The molecule has 3 rings (SSSR count). The number of aryl methyl sites for hydroxylation is 1. The van der Waals surface area contributed by atoms with E-state index in [1.807, 2.05) is 0 Å². The van der Waals surface area contributed by atoms with Crippen LogP contribution in [0.3, 0.4) is 0 Å². The Morgan fingerprint density at radius 2 is 2.32 bits per heavy atom. The SMILES string of the molecule is CC1(C)Cc2c(ccn2CCC2CCOC2)C(O)C1. The molecule has 0 aromatic carbocycles. The lowest BCUT2D eigenvalue weighted by Gasteiger charge is -2.34. The maximum atomic E-state index is 10.3.